The van der Waals surface area contributed by atoms with Crippen LogP contribution in [0.5, 0.6) is 0 Å². The number of benzene rings is 2. The maximum atomic E-state index is 6.37. The second-order valence-electron chi connectivity index (χ2n) is 5.14. The average molecular weight is 391 g/mol. The largest absolute Gasteiger partial charge is 0.324 e. The van der Waals surface area contributed by atoms with Crippen LogP contribution in [0.25, 0.3) is 10.9 Å². The summed E-state index contributed by atoms with van der Waals surface area (Å²) >= 11 is 2.31. The summed E-state index contributed by atoms with van der Waals surface area (Å²) in [6.45, 7) is 2.99. The molecule has 4 heteroatoms. The number of aromatic nitrogens is 2. The third-order valence-corrected chi connectivity index (χ3v) is 4.46. The number of fused-ring (bicyclic) bond motifs is 1. The van der Waals surface area contributed by atoms with Crippen LogP contribution >= 0.6 is 22.6 Å². The highest BCUT2D eigenvalue weighted by Gasteiger charge is 2.14. The van der Waals surface area contributed by atoms with Gasteiger partial charge in [-0.1, -0.05) is 30.3 Å². The summed E-state index contributed by atoms with van der Waals surface area (Å²) in [7, 11) is 0. The minimum atomic E-state index is -0.0226. The van der Waals surface area contributed by atoms with Crippen LogP contribution < -0.4 is 5.73 Å². The van der Waals surface area contributed by atoms with Crippen molar-refractivity contribution in [1.82, 2.24) is 9.78 Å². The summed E-state index contributed by atoms with van der Waals surface area (Å²) in [5.74, 6) is 0. The molecule has 2 aromatic carbocycles. The number of aryl methyl sites for hydroxylation is 1. The monoisotopic (exact) mass is 391 g/mol. The van der Waals surface area contributed by atoms with Gasteiger partial charge in [-0.3, -0.25) is 4.68 Å². The fourth-order valence-corrected chi connectivity index (χ4v) is 2.98. The molecule has 0 aliphatic rings. The van der Waals surface area contributed by atoms with Gasteiger partial charge in [0.05, 0.1) is 11.2 Å². The van der Waals surface area contributed by atoms with Gasteiger partial charge in [0, 0.05) is 28.0 Å². The van der Waals surface area contributed by atoms with Crippen LogP contribution in [-0.4, -0.2) is 9.78 Å². The van der Waals surface area contributed by atoms with Gasteiger partial charge in [0.2, 0.25) is 0 Å². The first-order chi connectivity index (χ1) is 10.2. The minimum Gasteiger partial charge on any atom is -0.324 e. The van der Waals surface area contributed by atoms with Crippen LogP contribution in [0.4, 0.5) is 0 Å². The molecule has 0 fully saturated rings. The SMILES string of the molecule is CCn1nc(CC(N)c2ccc(I)cc2)c2ccccc21. The van der Waals surface area contributed by atoms with Gasteiger partial charge in [-0.2, -0.15) is 5.10 Å². The van der Waals surface area contributed by atoms with Crippen LogP contribution in [0.2, 0.25) is 0 Å². The predicted octanol–water partition coefficient (Wildman–Crippen LogP) is 3.90. The molecule has 0 spiro atoms. The third-order valence-electron chi connectivity index (χ3n) is 3.75. The number of hydrogen-bond donors (Lipinski definition) is 1. The second-order valence-corrected chi connectivity index (χ2v) is 6.39. The number of nitrogens with two attached hydrogens (primary N) is 1. The van der Waals surface area contributed by atoms with E-state index >= 15 is 0 Å². The third kappa shape index (κ3) is 2.96. The zero-order chi connectivity index (χ0) is 14.8. The second kappa shape index (κ2) is 6.15. The summed E-state index contributed by atoms with van der Waals surface area (Å²) in [6, 6.07) is 16.7. The quantitative estimate of drug-likeness (QED) is 0.686. The Morgan fingerprint density at radius 2 is 1.86 bits per heavy atom. The van der Waals surface area contributed by atoms with Crippen LogP contribution in [-0.2, 0) is 13.0 Å². The van der Waals surface area contributed by atoms with Gasteiger partial charge >= 0.3 is 0 Å². The molecule has 0 aliphatic heterocycles. The highest BCUT2D eigenvalue weighted by atomic mass is 127. The highest BCUT2D eigenvalue weighted by molar-refractivity contribution is 14.1. The minimum absolute atomic E-state index is 0.0226. The maximum absolute atomic E-state index is 6.37. The fraction of sp³-hybridized carbons (Fsp3) is 0.235. The number of nitrogens with zero attached hydrogens (tertiary/aromatic N) is 2. The normalized spacial score (nSPS) is 12.7. The van der Waals surface area contributed by atoms with E-state index < -0.39 is 0 Å². The zero-order valence-corrected chi connectivity index (χ0v) is 14.1. The predicted molar refractivity (Wildman–Crippen MR) is 95.2 cm³/mol. The number of hydrogen-bond acceptors (Lipinski definition) is 2. The maximum Gasteiger partial charge on any atom is 0.0722 e. The van der Waals surface area contributed by atoms with E-state index in [2.05, 4.69) is 78.0 Å². The Morgan fingerprint density at radius 1 is 1.14 bits per heavy atom. The Balaban J connectivity index is 1.92. The van der Waals surface area contributed by atoms with Gasteiger partial charge < -0.3 is 5.73 Å². The Labute approximate surface area is 138 Å². The van der Waals surface area contributed by atoms with E-state index in [1.54, 1.807) is 0 Å². The first-order valence-electron chi connectivity index (χ1n) is 7.14. The molecule has 0 aliphatic carbocycles. The van der Waals surface area contributed by atoms with E-state index in [1.165, 1.54) is 14.5 Å². The van der Waals surface area contributed by atoms with E-state index in [-0.39, 0.29) is 6.04 Å². The van der Waals surface area contributed by atoms with Gasteiger partial charge in [0.25, 0.3) is 0 Å². The number of para-hydroxylation sites is 1. The summed E-state index contributed by atoms with van der Waals surface area (Å²) in [6.07, 6.45) is 0.758. The van der Waals surface area contributed by atoms with Crippen molar-refractivity contribution >= 4 is 33.5 Å². The van der Waals surface area contributed by atoms with Crippen LogP contribution in [0.3, 0.4) is 0 Å². The molecule has 1 unspecified atom stereocenters. The molecule has 108 valence electrons. The summed E-state index contributed by atoms with van der Waals surface area (Å²) in [4.78, 5) is 0. The van der Waals surface area contributed by atoms with Crippen LogP contribution in [0.15, 0.2) is 48.5 Å². The van der Waals surface area contributed by atoms with Gasteiger partial charge in [0.1, 0.15) is 0 Å². The average Bonchev–Trinajstić information content (AvgIpc) is 2.86. The lowest BCUT2D eigenvalue weighted by molar-refractivity contribution is 0.641. The molecule has 0 saturated carbocycles. The van der Waals surface area contributed by atoms with Crippen molar-refractivity contribution in [2.75, 3.05) is 0 Å². The molecule has 1 atom stereocenters. The van der Waals surface area contributed by atoms with E-state index in [1.807, 2.05) is 4.68 Å². The molecular formula is C17H18IN3. The topological polar surface area (TPSA) is 43.8 Å². The van der Waals surface area contributed by atoms with Crippen molar-refractivity contribution in [2.45, 2.75) is 25.9 Å². The van der Waals surface area contributed by atoms with Gasteiger partial charge in [-0.15, -0.1) is 0 Å². The van der Waals surface area contributed by atoms with Gasteiger partial charge in [-0.25, -0.2) is 0 Å². The Kier molecular flexibility index (Phi) is 4.26. The Hall–Kier alpha value is -1.40. The molecule has 0 bridgehead atoms. The zero-order valence-electron chi connectivity index (χ0n) is 12.0. The van der Waals surface area contributed by atoms with Crippen molar-refractivity contribution in [3.8, 4) is 0 Å². The lowest BCUT2D eigenvalue weighted by Gasteiger charge is -2.10. The molecule has 0 saturated heterocycles. The standard InChI is InChI=1S/C17H18IN3/c1-2-21-17-6-4-3-5-14(17)16(20-21)11-15(19)12-7-9-13(18)10-8-12/h3-10,15H,2,11,19H2,1H3. The summed E-state index contributed by atoms with van der Waals surface area (Å²) in [5.41, 5.74) is 9.79. The Bertz CT molecular complexity index is 746. The molecule has 2 N–H and O–H groups in total. The van der Waals surface area contributed by atoms with E-state index in [4.69, 9.17) is 10.8 Å². The first kappa shape index (κ1) is 14.5. The molecule has 1 aromatic heterocycles. The van der Waals surface area contributed by atoms with Crippen molar-refractivity contribution < 1.29 is 0 Å². The van der Waals surface area contributed by atoms with Crippen molar-refractivity contribution in [3.05, 3.63) is 63.4 Å². The molecule has 0 radical (unpaired) electrons. The van der Waals surface area contributed by atoms with E-state index in [0.717, 1.165) is 24.2 Å². The Morgan fingerprint density at radius 3 is 2.57 bits per heavy atom. The lowest BCUT2D eigenvalue weighted by Crippen LogP contribution is -2.14. The van der Waals surface area contributed by atoms with Crippen molar-refractivity contribution in [2.24, 2.45) is 5.73 Å². The molecule has 21 heavy (non-hydrogen) atoms. The van der Waals surface area contributed by atoms with Gasteiger partial charge in [-0.05, 0) is 53.3 Å². The van der Waals surface area contributed by atoms with Gasteiger partial charge in [0.15, 0.2) is 0 Å². The van der Waals surface area contributed by atoms with Crippen molar-refractivity contribution in [3.63, 3.8) is 0 Å². The molecule has 3 aromatic rings. The van der Waals surface area contributed by atoms with E-state index in [0.29, 0.717) is 0 Å². The molecule has 3 nitrogen and oxygen atoms in total. The molecular weight excluding hydrogens is 373 g/mol. The van der Waals surface area contributed by atoms with Crippen molar-refractivity contribution in [1.29, 1.82) is 0 Å². The summed E-state index contributed by atoms with van der Waals surface area (Å²) in [5, 5.41) is 5.93. The number of halogens is 1. The molecule has 1 heterocycles. The smallest absolute Gasteiger partial charge is 0.0722 e. The van der Waals surface area contributed by atoms with E-state index in [9.17, 15) is 0 Å². The van der Waals surface area contributed by atoms with Crippen LogP contribution in [0.1, 0.15) is 24.2 Å². The fourth-order valence-electron chi connectivity index (χ4n) is 2.62. The summed E-state index contributed by atoms with van der Waals surface area (Å²) < 4.78 is 3.27. The number of rotatable bonds is 4. The molecule has 0 amide bonds. The van der Waals surface area contributed by atoms with Crippen LogP contribution in [0, 0.1) is 3.57 Å². The highest BCUT2D eigenvalue weighted by Crippen LogP contribution is 2.23. The first-order valence-corrected chi connectivity index (χ1v) is 8.22. The lowest BCUT2D eigenvalue weighted by atomic mass is 10.0. The molecule has 3 rings (SSSR count).